The Balaban J connectivity index is 1.36. The van der Waals surface area contributed by atoms with Crippen LogP contribution in [0.2, 0.25) is 0 Å². The van der Waals surface area contributed by atoms with Gasteiger partial charge in [-0.15, -0.1) is 0 Å². The summed E-state index contributed by atoms with van der Waals surface area (Å²) in [7, 11) is 1.87. The zero-order valence-electron chi connectivity index (χ0n) is 15.9. The van der Waals surface area contributed by atoms with Gasteiger partial charge in [-0.05, 0) is 48.4 Å². The van der Waals surface area contributed by atoms with Crippen LogP contribution in [0.15, 0.2) is 48.8 Å². The molecular formula is C21H27FN4O. The Labute approximate surface area is 160 Å². The molecule has 0 aliphatic carbocycles. The molecule has 5 nitrogen and oxygen atoms in total. The summed E-state index contributed by atoms with van der Waals surface area (Å²) < 4.78 is 13.0. The average Bonchev–Trinajstić information content (AvgIpc) is 2.72. The van der Waals surface area contributed by atoms with Gasteiger partial charge in [0.05, 0.1) is 0 Å². The van der Waals surface area contributed by atoms with Crippen molar-refractivity contribution < 1.29 is 9.18 Å². The van der Waals surface area contributed by atoms with Gasteiger partial charge >= 0.3 is 0 Å². The van der Waals surface area contributed by atoms with Crippen molar-refractivity contribution in [2.24, 2.45) is 0 Å². The number of amides is 1. The third kappa shape index (κ3) is 5.76. The number of piperazine rings is 1. The van der Waals surface area contributed by atoms with Crippen LogP contribution in [0.1, 0.15) is 12.0 Å². The van der Waals surface area contributed by atoms with Crippen LogP contribution < -0.4 is 4.90 Å². The van der Waals surface area contributed by atoms with E-state index in [2.05, 4.69) is 14.8 Å². The lowest BCUT2D eigenvalue weighted by molar-refractivity contribution is -0.130. The van der Waals surface area contributed by atoms with E-state index >= 15 is 0 Å². The molecule has 1 aromatic heterocycles. The fraction of sp³-hybridized carbons (Fsp3) is 0.429. The Morgan fingerprint density at radius 3 is 2.41 bits per heavy atom. The number of carbonyl (C=O) groups excluding carboxylic acids is 1. The molecule has 1 saturated heterocycles. The summed E-state index contributed by atoms with van der Waals surface area (Å²) in [5.74, 6) is -0.0195. The summed E-state index contributed by atoms with van der Waals surface area (Å²) in [5, 5.41) is 0. The number of halogens is 1. The highest BCUT2D eigenvalue weighted by Crippen LogP contribution is 2.17. The summed E-state index contributed by atoms with van der Waals surface area (Å²) >= 11 is 0. The van der Waals surface area contributed by atoms with E-state index in [1.807, 2.05) is 36.2 Å². The average molecular weight is 370 g/mol. The van der Waals surface area contributed by atoms with Crippen molar-refractivity contribution in [3.8, 4) is 0 Å². The zero-order chi connectivity index (χ0) is 19.1. The maximum atomic E-state index is 13.0. The third-order valence-corrected chi connectivity index (χ3v) is 5.12. The maximum Gasteiger partial charge on any atom is 0.223 e. The minimum absolute atomic E-state index is 0.185. The molecular weight excluding hydrogens is 343 g/mol. The van der Waals surface area contributed by atoms with Crippen LogP contribution in [0.3, 0.4) is 0 Å². The summed E-state index contributed by atoms with van der Waals surface area (Å²) in [5.41, 5.74) is 2.25. The number of benzene rings is 1. The van der Waals surface area contributed by atoms with Gasteiger partial charge in [0.1, 0.15) is 5.82 Å². The molecule has 1 aliphatic rings. The largest absolute Gasteiger partial charge is 0.369 e. The molecule has 3 rings (SSSR count). The molecule has 6 heteroatoms. The van der Waals surface area contributed by atoms with E-state index in [1.54, 1.807) is 12.4 Å². The van der Waals surface area contributed by atoms with Gasteiger partial charge in [0.15, 0.2) is 0 Å². The summed E-state index contributed by atoms with van der Waals surface area (Å²) in [6.07, 6.45) is 4.95. The molecule has 0 bridgehead atoms. The number of likely N-dealkylation sites (N-methyl/N-ethyl adjacent to an activating group) is 1. The normalized spacial score (nSPS) is 15.0. The van der Waals surface area contributed by atoms with Crippen LogP contribution >= 0.6 is 0 Å². The summed E-state index contributed by atoms with van der Waals surface area (Å²) in [6.45, 7) is 5.16. The lowest BCUT2D eigenvalue weighted by atomic mass is 10.2. The molecule has 1 aliphatic heterocycles. The predicted molar refractivity (Wildman–Crippen MR) is 105 cm³/mol. The monoisotopic (exact) mass is 370 g/mol. The van der Waals surface area contributed by atoms with Crippen LogP contribution in [0.25, 0.3) is 0 Å². The predicted octanol–water partition coefficient (Wildman–Crippen LogP) is 2.43. The zero-order valence-corrected chi connectivity index (χ0v) is 15.9. The van der Waals surface area contributed by atoms with Crippen molar-refractivity contribution in [3.05, 3.63) is 60.2 Å². The quantitative estimate of drug-likeness (QED) is 0.751. The Morgan fingerprint density at radius 2 is 1.74 bits per heavy atom. The van der Waals surface area contributed by atoms with E-state index in [0.29, 0.717) is 6.42 Å². The van der Waals surface area contributed by atoms with Crippen LogP contribution in [0.4, 0.5) is 10.1 Å². The van der Waals surface area contributed by atoms with Gasteiger partial charge in [0, 0.05) is 70.8 Å². The molecule has 0 spiro atoms. The van der Waals surface area contributed by atoms with Gasteiger partial charge in [-0.1, -0.05) is 0 Å². The highest BCUT2D eigenvalue weighted by Gasteiger charge is 2.18. The van der Waals surface area contributed by atoms with Crippen LogP contribution in [-0.2, 0) is 11.2 Å². The molecule has 0 unspecified atom stereocenters. The Kier molecular flexibility index (Phi) is 6.76. The second-order valence-electron chi connectivity index (χ2n) is 6.98. The minimum Gasteiger partial charge on any atom is -0.369 e. The van der Waals surface area contributed by atoms with Crippen molar-refractivity contribution >= 4 is 11.6 Å². The summed E-state index contributed by atoms with van der Waals surface area (Å²) in [6, 6.07) is 10.6. The molecule has 2 heterocycles. The highest BCUT2D eigenvalue weighted by atomic mass is 19.1. The van der Waals surface area contributed by atoms with Crippen molar-refractivity contribution in [2.45, 2.75) is 12.8 Å². The highest BCUT2D eigenvalue weighted by molar-refractivity contribution is 5.76. The number of hydrogen-bond acceptors (Lipinski definition) is 4. The van der Waals surface area contributed by atoms with E-state index in [1.165, 1.54) is 17.7 Å². The van der Waals surface area contributed by atoms with Crippen LogP contribution in [0, 0.1) is 5.82 Å². The van der Waals surface area contributed by atoms with Gasteiger partial charge < -0.3 is 9.80 Å². The van der Waals surface area contributed by atoms with Crippen molar-refractivity contribution in [1.82, 2.24) is 14.8 Å². The standard InChI is InChI=1S/C21H27FN4O/c1-24(12-8-18-6-10-23-11-7-18)21(27)9-13-25-14-16-26(17-15-25)20-4-2-19(22)3-5-20/h2-7,10-11H,8-9,12-17H2,1H3. The topological polar surface area (TPSA) is 39.7 Å². The lowest BCUT2D eigenvalue weighted by Gasteiger charge is -2.36. The third-order valence-electron chi connectivity index (χ3n) is 5.12. The SMILES string of the molecule is CN(CCc1ccncc1)C(=O)CCN1CCN(c2ccc(F)cc2)CC1. The fourth-order valence-electron chi connectivity index (χ4n) is 3.30. The molecule has 144 valence electrons. The number of carbonyl (C=O) groups is 1. The van der Waals surface area contributed by atoms with Gasteiger partial charge in [-0.3, -0.25) is 14.7 Å². The number of rotatable bonds is 7. The molecule has 1 fully saturated rings. The first kappa shape index (κ1) is 19.3. The smallest absolute Gasteiger partial charge is 0.223 e. The van der Waals surface area contributed by atoms with Crippen molar-refractivity contribution in [2.75, 3.05) is 51.2 Å². The first-order valence-electron chi connectivity index (χ1n) is 9.47. The lowest BCUT2D eigenvalue weighted by Crippen LogP contribution is -2.47. The first-order valence-corrected chi connectivity index (χ1v) is 9.47. The summed E-state index contributed by atoms with van der Waals surface area (Å²) in [4.78, 5) is 22.8. The van der Waals surface area contributed by atoms with Gasteiger partial charge in [0.25, 0.3) is 0 Å². The molecule has 0 N–H and O–H groups in total. The molecule has 1 amide bonds. The van der Waals surface area contributed by atoms with E-state index < -0.39 is 0 Å². The molecule has 27 heavy (non-hydrogen) atoms. The minimum atomic E-state index is -0.205. The molecule has 0 atom stereocenters. The van der Waals surface area contributed by atoms with Crippen molar-refractivity contribution in [1.29, 1.82) is 0 Å². The molecule has 2 aromatic rings. The molecule has 0 radical (unpaired) electrons. The molecule has 0 saturated carbocycles. The van der Waals surface area contributed by atoms with E-state index in [9.17, 15) is 9.18 Å². The van der Waals surface area contributed by atoms with Crippen LogP contribution in [-0.4, -0.2) is 67.0 Å². The second-order valence-corrected chi connectivity index (χ2v) is 6.98. The van der Waals surface area contributed by atoms with Gasteiger partial charge in [-0.2, -0.15) is 0 Å². The number of nitrogens with zero attached hydrogens (tertiary/aromatic N) is 4. The molecule has 1 aromatic carbocycles. The van der Waals surface area contributed by atoms with E-state index in [4.69, 9.17) is 0 Å². The number of pyridine rings is 1. The maximum absolute atomic E-state index is 13.0. The Hall–Kier alpha value is -2.47. The first-order chi connectivity index (χ1) is 13.1. The van der Waals surface area contributed by atoms with E-state index in [-0.39, 0.29) is 11.7 Å². The Bertz CT molecular complexity index is 715. The van der Waals surface area contributed by atoms with Gasteiger partial charge in [-0.25, -0.2) is 4.39 Å². The number of aromatic nitrogens is 1. The van der Waals surface area contributed by atoms with Gasteiger partial charge in [0.2, 0.25) is 5.91 Å². The second kappa shape index (κ2) is 9.46. The number of anilines is 1. The van der Waals surface area contributed by atoms with Crippen LogP contribution in [0.5, 0.6) is 0 Å². The number of hydrogen-bond donors (Lipinski definition) is 0. The Morgan fingerprint density at radius 1 is 1.07 bits per heavy atom. The van der Waals surface area contributed by atoms with E-state index in [0.717, 1.165) is 51.4 Å². The van der Waals surface area contributed by atoms with Crippen molar-refractivity contribution in [3.63, 3.8) is 0 Å². The fourth-order valence-corrected chi connectivity index (χ4v) is 3.30.